The molecule has 0 saturated carbocycles. The molecule has 1 aliphatic rings. The van der Waals surface area contributed by atoms with Gasteiger partial charge in [0.2, 0.25) is 5.91 Å². The lowest BCUT2D eigenvalue weighted by Crippen LogP contribution is -2.28. The van der Waals surface area contributed by atoms with Crippen LogP contribution in [-0.2, 0) is 17.8 Å². The van der Waals surface area contributed by atoms with Crippen molar-refractivity contribution in [1.29, 1.82) is 5.26 Å². The fraction of sp³-hybridized carbons (Fsp3) is 0.269. The van der Waals surface area contributed by atoms with Gasteiger partial charge in [-0.25, -0.2) is 4.98 Å². The van der Waals surface area contributed by atoms with E-state index in [2.05, 4.69) is 29.4 Å². The SMILES string of the molecule is Cc1cc(C)cc(NC(=O)CSc2nc3c(c(-c4ccccc4Cl)c2C#N)CN(C)CC3)c1. The number of hydrogen-bond donors (Lipinski definition) is 1. The number of nitrogens with zero attached hydrogens (tertiary/aromatic N) is 3. The van der Waals surface area contributed by atoms with Crippen molar-refractivity contribution >= 4 is 35.0 Å². The summed E-state index contributed by atoms with van der Waals surface area (Å²) in [5.41, 5.74) is 7.10. The maximum absolute atomic E-state index is 12.7. The minimum atomic E-state index is -0.132. The molecule has 33 heavy (non-hydrogen) atoms. The fourth-order valence-corrected chi connectivity index (χ4v) is 5.26. The first-order valence-corrected chi connectivity index (χ1v) is 12.1. The van der Waals surface area contributed by atoms with Gasteiger partial charge in [0, 0.05) is 47.0 Å². The van der Waals surface area contributed by atoms with Crippen LogP contribution in [0.2, 0.25) is 5.02 Å². The molecular weight excluding hydrogens is 452 g/mol. The molecule has 0 radical (unpaired) electrons. The summed E-state index contributed by atoms with van der Waals surface area (Å²) in [6.07, 6.45) is 0.789. The largest absolute Gasteiger partial charge is 0.325 e. The number of anilines is 1. The number of nitrogens with one attached hydrogen (secondary N) is 1. The van der Waals surface area contributed by atoms with Gasteiger partial charge in [-0.3, -0.25) is 4.79 Å². The van der Waals surface area contributed by atoms with Gasteiger partial charge in [-0.2, -0.15) is 5.26 Å². The van der Waals surface area contributed by atoms with Gasteiger partial charge in [-0.1, -0.05) is 47.6 Å². The normalized spacial score (nSPS) is 13.3. The molecule has 0 aliphatic carbocycles. The van der Waals surface area contributed by atoms with Crippen molar-refractivity contribution in [2.24, 2.45) is 0 Å². The van der Waals surface area contributed by atoms with Crippen LogP contribution >= 0.6 is 23.4 Å². The van der Waals surface area contributed by atoms with Crippen molar-refractivity contribution in [3.8, 4) is 17.2 Å². The third kappa shape index (κ3) is 5.22. The van der Waals surface area contributed by atoms with Gasteiger partial charge in [-0.15, -0.1) is 0 Å². The lowest BCUT2D eigenvalue weighted by atomic mass is 9.92. The van der Waals surface area contributed by atoms with Gasteiger partial charge in [-0.05, 0) is 55.8 Å². The summed E-state index contributed by atoms with van der Waals surface area (Å²) < 4.78 is 0. The Hall–Kier alpha value is -2.85. The lowest BCUT2D eigenvalue weighted by Gasteiger charge is -2.28. The van der Waals surface area contributed by atoms with Gasteiger partial charge in [0.05, 0.1) is 11.3 Å². The summed E-state index contributed by atoms with van der Waals surface area (Å²) in [5, 5.41) is 14.2. The third-order valence-corrected chi connectivity index (χ3v) is 6.91. The number of amides is 1. The number of rotatable bonds is 5. The first-order valence-electron chi connectivity index (χ1n) is 10.8. The summed E-state index contributed by atoms with van der Waals surface area (Å²) in [5.74, 6) is 0.0300. The van der Waals surface area contributed by atoms with Crippen LogP contribution in [0.3, 0.4) is 0 Å². The van der Waals surface area contributed by atoms with Crippen LogP contribution in [0.1, 0.15) is 27.9 Å². The summed E-state index contributed by atoms with van der Waals surface area (Å²) >= 11 is 7.84. The Kier molecular flexibility index (Phi) is 7.04. The van der Waals surface area contributed by atoms with Gasteiger partial charge in [0.15, 0.2) is 0 Å². The monoisotopic (exact) mass is 476 g/mol. The number of likely N-dealkylation sites (N-methyl/N-ethyl adjacent to an activating group) is 1. The zero-order valence-corrected chi connectivity index (χ0v) is 20.5. The highest BCUT2D eigenvalue weighted by Crippen LogP contribution is 2.39. The Morgan fingerprint density at radius 2 is 1.97 bits per heavy atom. The number of hydrogen-bond acceptors (Lipinski definition) is 5. The number of thioether (sulfide) groups is 1. The van der Waals surface area contributed by atoms with Gasteiger partial charge >= 0.3 is 0 Å². The van der Waals surface area contributed by atoms with Crippen LogP contribution in [0.5, 0.6) is 0 Å². The molecule has 0 saturated heterocycles. The second-order valence-corrected chi connectivity index (χ2v) is 9.76. The van der Waals surface area contributed by atoms with E-state index in [0.717, 1.165) is 52.2 Å². The van der Waals surface area contributed by atoms with Crippen LogP contribution < -0.4 is 5.32 Å². The summed E-state index contributed by atoms with van der Waals surface area (Å²) in [7, 11) is 2.06. The maximum Gasteiger partial charge on any atom is 0.234 e. The number of nitriles is 1. The molecule has 3 aromatic rings. The van der Waals surface area contributed by atoms with Crippen molar-refractivity contribution in [2.45, 2.75) is 31.8 Å². The average molecular weight is 477 g/mol. The molecule has 0 fully saturated rings. The standard InChI is InChI=1S/C26H25ClN4OS/c1-16-10-17(2)12-18(11-16)29-24(32)15-33-26-20(13-28)25(19-6-4-5-7-22(19)27)21-14-31(3)9-8-23(21)30-26/h4-7,10-12H,8-9,14-15H2,1-3H3,(H,29,32). The Labute approximate surface area is 203 Å². The highest BCUT2D eigenvalue weighted by Gasteiger charge is 2.26. The third-order valence-electron chi connectivity index (χ3n) is 5.61. The Morgan fingerprint density at radius 3 is 2.67 bits per heavy atom. The van der Waals surface area contributed by atoms with E-state index in [1.165, 1.54) is 11.8 Å². The molecule has 5 nitrogen and oxygen atoms in total. The topological polar surface area (TPSA) is 69.0 Å². The molecule has 0 atom stereocenters. The van der Waals surface area contributed by atoms with Crippen LogP contribution in [-0.4, -0.2) is 35.1 Å². The minimum Gasteiger partial charge on any atom is -0.325 e. The van der Waals surface area contributed by atoms with Crippen molar-refractivity contribution < 1.29 is 4.79 Å². The Balaban J connectivity index is 1.67. The molecule has 0 unspecified atom stereocenters. The Bertz CT molecular complexity index is 1250. The van der Waals surface area contributed by atoms with Gasteiger partial charge in [0.1, 0.15) is 11.1 Å². The predicted molar refractivity (Wildman–Crippen MR) is 135 cm³/mol. The van der Waals surface area contributed by atoms with Crippen LogP contribution in [0.4, 0.5) is 5.69 Å². The molecule has 4 rings (SSSR count). The molecule has 7 heteroatoms. The number of aryl methyl sites for hydroxylation is 2. The van der Waals surface area contributed by atoms with E-state index in [-0.39, 0.29) is 11.7 Å². The number of benzene rings is 2. The second-order valence-electron chi connectivity index (χ2n) is 8.38. The molecule has 2 aromatic carbocycles. The van der Waals surface area contributed by atoms with Crippen molar-refractivity contribution in [2.75, 3.05) is 24.7 Å². The zero-order chi connectivity index (χ0) is 23.5. The number of carbonyl (C=O) groups is 1. The van der Waals surface area contributed by atoms with Crippen LogP contribution in [0.25, 0.3) is 11.1 Å². The number of pyridine rings is 1. The number of fused-ring (bicyclic) bond motifs is 1. The number of halogens is 1. The van der Waals surface area contributed by atoms with Crippen LogP contribution in [0.15, 0.2) is 47.5 Å². The van der Waals surface area contributed by atoms with E-state index < -0.39 is 0 Å². The summed E-state index contributed by atoms with van der Waals surface area (Å²) in [6, 6.07) is 15.9. The van der Waals surface area contributed by atoms with Crippen LogP contribution in [0, 0.1) is 25.2 Å². The summed E-state index contributed by atoms with van der Waals surface area (Å²) in [6.45, 7) is 5.60. The molecule has 0 bridgehead atoms. The maximum atomic E-state index is 12.7. The Morgan fingerprint density at radius 1 is 1.24 bits per heavy atom. The molecule has 168 valence electrons. The molecule has 2 heterocycles. The van der Waals surface area contributed by atoms with Crippen molar-refractivity contribution in [3.63, 3.8) is 0 Å². The van der Waals surface area contributed by atoms with Crippen molar-refractivity contribution in [3.05, 3.63) is 75.4 Å². The molecule has 1 aliphatic heterocycles. The zero-order valence-electron chi connectivity index (χ0n) is 18.9. The minimum absolute atomic E-state index is 0.132. The molecule has 1 amide bonds. The highest BCUT2D eigenvalue weighted by atomic mass is 35.5. The van der Waals surface area contributed by atoms with E-state index in [1.807, 2.05) is 50.2 Å². The van der Waals surface area contributed by atoms with E-state index in [1.54, 1.807) is 0 Å². The first kappa shape index (κ1) is 23.3. The lowest BCUT2D eigenvalue weighted by molar-refractivity contribution is -0.113. The second kappa shape index (κ2) is 9.96. The number of aromatic nitrogens is 1. The summed E-state index contributed by atoms with van der Waals surface area (Å²) in [4.78, 5) is 19.7. The molecule has 1 aromatic heterocycles. The highest BCUT2D eigenvalue weighted by molar-refractivity contribution is 8.00. The molecule has 1 N–H and O–H groups in total. The van der Waals surface area contributed by atoms with Gasteiger partial charge in [0.25, 0.3) is 0 Å². The predicted octanol–water partition coefficient (Wildman–Crippen LogP) is 5.61. The first-order chi connectivity index (χ1) is 15.9. The fourth-order valence-electron chi connectivity index (χ4n) is 4.22. The van der Waals surface area contributed by atoms with E-state index in [9.17, 15) is 10.1 Å². The van der Waals surface area contributed by atoms with Crippen molar-refractivity contribution in [1.82, 2.24) is 9.88 Å². The quantitative estimate of drug-likeness (QED) is 0.485. The molecular formula is C26H25ClN4OS. The average Bonchev–Trinajstić information content (AvgIpc) is 2.76. The van der Waals surface area contributed by atoms with E-state index >= 15 is 0 Å². The van der Waals surface area contributed by atoms with E-state index in [4.69, 9.17) is 16.6 Å². The van der Waals surface area contributed by atoms with E-state index in [0.29, 0.717) is 22.2 Å². The smallest absolute Gasteiger partial charge is 0.234 e. The molecule has 0 spiro atoms. The number of carbonyl (C=O) groups excluding carboxylic acids is 1. The van der Waals surface area contributed by atoms with Gasteiger partial charge < -0.3 is 10.2 Å².